The number of hydrogen-bond acceptors (Lipinski definition) is 7. The van der Waals surface area contributed by atoms with Crippen LogP contribution in [0.3, 0.4) is 0 Å². The number of oxazole rings is 1. The highest BCUT2D eigenvalue weighted by Crippen LogP contribution is 2.25. The summed E-state index contributed by atoms with van der Waals surface area (Å²) >= 11 is 0. The first kappa shape index (κ1) is 23.5. The van der Waals surface area contributed by atoms with E-state index in [1.807, 2.05) is 31.2 Å². The standard InChI is InChI=1S/C24H27NO6S/c1-4-30-22-11-6-18(7-12-22)5-10-20(26)15-32(27,28)16-23-17(2)31-24(25-23)19-8-13-21(29-3)14-9-19/h6-9,11-14H,4-5,10,15-16H2,1-3H3. The number of Topliss-reactive ketones (excluding diaryl/α,β-unsaturated/α-hetero) is 1. The number of rotatable bonds is 11. The molecule has 0 aliphatic rings. The van der Waals surface area contributed by atoms with Gasteiger partial charge in [0.15, 0.2) is 9.84 Å². The van der Waals surface area contributed by atoms with E-state index in [1.165, 1.54) is 0 Å². The molecule has 8 heteroatoms. The first-order valence-electron chi connectivity index (χ1n) is 10.3. The van der Waals surface area contributed by atoms with Crippen LogP contribution in [0.25, 0.3) is 11.5 Å². The fraction of sp³-hybridized carbons (Fsp3) is 0.333. The molecule has 0 amide bonds. The zero-order valence-corrected chi connectivity index (χ0v) is 19.3. The monoisotopic (exact) mass is 457 g/mol. The number of sulfone groups is 1. The summed E-state index contributed by atoms with van der Waals surface area (Å²) in [5.41, 5.74) is 1.98. The number of benzene rings is 2. The molecule has 1 aromatic heterocycles. The zero-order valence-electron chi connectivity index (χ0n) is 18.5. The second kappa shape index (κ2) is 10.5. The third kappa shape index (κ3) is 6.43. The lowest BCUT2D eigenvalue weighted by Gasteiger charge is -2.05. The molecule has 32 heavy (non-hydrogen) atoms. The molecule has 0 unspecified atom stereocenters. The van der Waals surface area contributed by atoms with Crippen LogP contribution in [0.15, 0.2) is 52.9 Å². The smallest absolute Gasteiger partial charge is 0.226 e. The van der Waals surface area contributed by atoms with Gasteiger partial charge in [0.05, 0.1) is 25.2 Å². The largest absolute Gasteiger partial charge is 0.497 e. The van der Waals surface area contributed by atoms with E-state index in [9.17, 15) is 13.2 Å². The average molecular weight is 458 g/mol. The number of ether oxygens (including phenoxy) is 2. The lowest BCUT2D eigenvalue weighted by atomic mass is 10.1. The molecule has 170 valence electrons. The quantitative estimate of drug-likeness (QED) is 0.426. The molecule has 7 nitrogen and oxygen atoms in total. The highest BCUT2D eigenvalue weighted by Gasteiger charge is 2.22. The Kier molecular flexibility index (Phi) is 7.69. The minimum atomic E-state index is -3.67. The summed E-state index contributed by atoms with van der Waals surface area (Å²) < 4.78 is 41.3. The van der Waals surface area contributed by atoms with Crippen LogP contribution in [0.2, 0.25) is 0 Å². The van der Waals surface area contributed by atoms with E-state index in [0.29, 0.717) is 41.7 Å². The first-order valence-corrected chi connectivity index (χ1v) is 12.2. The fourth-order valence-electron chi connectivity index (χ4n) is 3.20. The number of ketones is 1. The molecule has 0 aliphatic carbocycles. The van der Waals surface area contributed by atoms with Crippen molar-refractivity contribution in [3.8, 4) is 23.0 Å². The highest BCUT2D eigenvalue weighted by molar-refractivity contribution is 7.91. The molecule has 0 atom stereocenters. The summed E-state index contributed by atoms with van der Waals surface area (Å²) in [4.78, 5) is 16.6. The Hall–Kier alpha value is -3.13. The van der Waals surface area contributed by atoms with E-state index in [-0.39, 0.29) is 18.0 Å². The topological polar surface area (TPSA) is 95.7 Å². The number of methoxy groups -OCH3 is 1. The second-order valence-electron chi connectivity index (χ2n) is 7.40. The van der Waals surface area contributed by atoms with Crippen LogP contribution in [0, 0.1) is 6.92 Å². The number of carbonyl (C=O) groups excluding carboxylic acids is 1. The van der Waals surface area contributed by atoms with Gasteiger partial charge < -0.3 is 13.9 Å². The molecule has 0 saturated carbocycles. The van der Waals surface area contributed by atoms with Gasteiger partial charge in [0.25, 0.3) is 0 Å². The molecule has 2 aromatic carbocycles. The molecule has 0 bridgehead atoms. The Bertz CT molecular complexity index is 1150. The first-order chi connectivity index (χ1) is 15.3. The molecular weight excluding hydrogens is 430 g/mol. The van der Waals surface area contributed by atoms with E-state index in [4.69, 9.17) is 13.9 Å². The van der Waals surface area contributed by atoms with Gasteiger partial charge in [0.2, 0.25) is 5.89 Å². The predicted molar refractivity (Wildman–Crippen MR) is 122 cm³/mol. The van der Waals surface area contributed by atoms with Crippen molar-refractivity contribution in [1.29, 1.82) is 0 Å². The molecule has 0 radical (unpaired) electrons. The predicted octanol–water partition coefficient (Wildman–Crippen LogP) is 4.17. The second-order valence-corrected chi connectivity index (χ2v) is 9.46. The maximum absolute atomic E-state index is 12.6. The highest BCUT2D eigenvalue weighted by atomic mass is 32.2. The van der Waals surface area contributed by atoms with Crippen molar-refractivity contribution in [3.63, 3.8) is 0 Å². The van der Waals surface area contributed by atoms with Crippen LogP contribution < -0.4 is 9.47 Å². The third-order valence-electron chi connectivity index (χ3n) is 4.89. The third-order valence-corrected chi connectivity index (χ3v) is 6.37. The summed E-state index contributed by atoms with van der Waals surface area (Å²) in [7, 11) is -2.09. The van der Waals surface area contributed by atoms with Crippen LogP contribution in [0.4, 0.5) is 0 Å². The molecule has 0 fully saturated rings. The Morgan fingerprint density at radius 1 is 1.03 bits per heavy atom. The molecule has 0 N–H and O–H groups in total. The van der Waals surface area contributed by atoms with Crippen LogP contribution in [0.1, 0.15) is 30.4 Å². The van der Waals surface area contributed by atoms with Gasteiger partial charge in [0.1, 0.15) is 28.8 Å². The molecule has 1 heterocycles. The van der Waals surface area contributed by atoms with Crippen molar-refractivity contribution in [2.45, 2.75) is 32.4 Å². The number of aryl methyl sites for hydroxylation is 2. The van der Waals surface area contributed by atoms with Crippen LogP contribution >= 0.6 is 0 Å². The lowest BCUT2D eigenvalue weighted by Crippen LogP contribution is -2.18. The number of aromatic nitrogens is 1. The van der Waals surface area contributed by atoms with Gasteiger partial charge >= 0.3 is 0 Å². The van der Waals surface area contributed by atoms with E-state index in [0.717, 1.165) is 11.3 Å². The molecule has 3 aromatic rings. The summed E-state index contributed by atoms with van der Waals surface area (Å²) in [5, 5.41) is 0. The summed E-state index contributed by atoms with van der Waals surface area (Å²) in [5.74, 6) is 1.03. The van der Waals surface area contributed by atoms with Crippen molar-refractivity contribution in [2.75, 3.05) is 19.5 Å². The van der Waals surface area contributed by atoms with E-state index in [2.05, 4.69) is 4.98 Å². The minimum Gasteiger partial charge on any atom is -0.497 e. The molecule has 0 aliphatic heterocycles. The Morgan fingerprint density at radius 2 is 1.69 bits per heavy atom. The Labute approximate surface area is 188 Å². The minimum absolute atomic E-state index is 0.155. The maximum atomic E-state index is 12.6. The summed E-state index contributed by atoms with van der Waals surface area (Å²) in [6.07, 6.45) is 0.632. The van der Waals surface area contributed by atoms with Gasteiger partial charge in [-0.1, -0.05) is 12.1 Å². The van der Waals surface area contributed by atoms with Crippen molar-refractivity contribution in [1.82, 2.24) is 4.98 Å². The van der Waals surface area contributed by atoms with Gasteiger partial charge in [-0.05, 0) is 62.2 Å². The fourth-order valence-corrected chi connectivity index (χ4v) is 4.62. The van der Waals surface area contributed by atoms with Crippen LogP contribution in [-0.4, -0.2) is 38.7 Å². The van der Waals surface area contributed by atoms with E-state index < -0.39 is 15.6 Å². The van der Waals surface area contributed by atoms with Gasteiger partial charge in [0, 0.05) is 12.0 Å². The summed E-state index contributed by atoms with van der Waals surface area (Å²) in [6.45, 7) is 4.16. The Morgan fingerprint density at radius 3 is 2.31 bits per heavy atom. The van der Waals surface area contributed by atoms with Crippen molar-refractivity contribution in [3.05, 3.63) is 65.5 Å². The maximum Gasteiger partial charge on any atom is 0.226 e. The number of hydrogen-bond donors (Lipinski definition) is 0. The molecule has 3 rings (SSSR count). The molecular formula is C24H27NO6S. The van der Waals surface area contributed by atoms with Gasteiger partial charge in [-0.25, -0.2) is 13.4 Å². The zero-order chi connectivity index (χ0) is 23.1. The van der Waals surface area contributed by atoms with Crippen LogP contribution in [-0.2, 0) is 26.8 Å². The van der Waals surface area contributed by atoms with Gasteiger partial charge in [-0.15, -0.1) is 0 Å². The summed E-state index contributed by atoms with van der Waals surface area (Å²) in [6, 6.07) is 14.6. The number of carbonyl (C=O) groups is 1. The van der Waals surface area contributed by atoms with Gasteiger partial charge in [-0.2, -0.15) is 0 Å². The van der Waals surface area contributed by atoms with Gasteiger partial charge in [-0.3, -0.25) is 4.79 Å². The van der Waals surface area contributed by atoms with Crippen molar-refractivity contribution >= 4 is 15.6 Å². The van der Waals surface area contributed by atoms with E-state index >= 15 is 0 Å². The number of nitrogens with zero attached hydrogens (tertiary/aromatic N) is 1. The van der Waals surface area contributed by atoms with Crippen LogP contribution in [0.5, 0.6) is 11.5 Å². The van der Waals surface area contributed by atoms with E-state index in [1.54, 1.807) is 38.3 Å². The average Bonchev–Trinajstić information content (AvgIpc) is 3.12. The normalized spacial score (nSPS) is 11.3. The Balaban J connectivity index is 1.58. The SMILES string of the molecule is CCOc1ccc(CCC(=O)CS(=O)(=O)Cc2nc(-c3ccc(OC)cc3)oc2C)cc1. The van der Waals surface area contributed by atoms with Crippen molar-refractivity contribution in [2.24, 2.45) is 0 Å². The molecule has 0 saturated heterocycles. The lowest BCUT2D eigenvalue weighted by molar-refractivity contribution is -0.116. The van der Waals surface area contributed by atoms with Crippen molar-refractivity contribution < 1.29 is 27.1 Å². The molecule has 0 spiro atoms.